The fourth-order valence-electron chi connectivity index (χ4n) is 2.00. The highest BCUT2D eigenvalue weighted by Crippen LogP contribution is 2.15. The van der Waals surface area contributed by atoms with Crippen molar-refractivity contribution >= 4 is 24.8 Å². The van der Waals surface area contributed by atoms with Crippen LogP contribution in [0.3, 0.4) is 0 Å². The summed E-state index contributed by atoms with van der Waals surface area (Å²) in [4.78, 5) is 11.9. The van der Waals surface area contributed by atoms with Gasteiger partial charge in [0, 0.05) is 30.0 Å². The van der Waals surface area contributed by atoms with Gasteiger partial charge in [-0.05, 0) is 24.3 Å². The van der Waals surface area contributed by atoms with Crippen molar-refractivity contribution in [3.63, 3.8) is 0 Å². The number of aromatic nitrogens is 1. The topological polar surface area (TPSA) is 43.3 Å². The van der Waals surface area contributed by atoms with Gasteiger partial charge in [0.15, 0.2) is 5.75 Å². The lowest BCUT2D eigenvalue weighted by molar-refractivity contribution is 0.406. The molecule has 0 atom stereocenters. The molecule has 0 bridgehead atoms. The van der Waals surface area contributed by atoms with Gasteiger partial charge in [0.25, 0.3) is 0 Å². The van der Waals surface area contributed by atoms with Crippen molar-refractivity contribution in [1.29, 1.82) is 0 Å². The molecule has 4 nitrogen and oxygen atoms in total. The number of halogens is 3. The smallest absolute Gasteiger partial charge is 0.223 e. The lowest BCUT2D eigenvalue weighted by Crippen LogP contribution is -2.25. The van der Waals surface area contributed by atoms with Crippen molar-refractivity contribution in [2.75, 3.05) is 7.11 Å². The van der Waals surface area contributed by atoms with Crippen LogP contribution in [0.4, 0.5) is 4.39 Å². The number of methoxy groups -OCH3 is 1. The highest BCUT2D eigenvalue weighted by Gasteiger charge is 2.09. The van der Waals surface area contributed by atoms with Gasteiger partial charge in [-0.3, -0.25) is 4.79 Å². The molecular weight excluding hydrogens is 342 g/mol. The van der Waals surface area contributed by atoms with Gasteiger partial charge in [-0.1, -0.05) is 13.8 Å². The molecule has 1 N–H and O–H groups in total. The van der Waals surface area contributed by atoms with Gasteiger partial charge >= 0.3 is 0 Å². The van der Waals surface area contributed by atoms with Gasteiger partial charge in [-0.15, -0.1) is 24.8 Å². The Balaban J connectivity index is 0.00000242. The Morgan fingerprint density at radius 3 is 2.35 bits per heavy atom. The molecular formula is C16H21Cl2FN2O2. The molecule has 23 heavy (non-hydrogen) atoms. The van der Waals surface area contributed by atoms with Gasteiger partial charge in [0.2, 0.25) is 5.43 Å². The van der Waals surface area contributed by atoms with E-state index in [1.807, 2.05) is 18.4 Å². The molecule has 1 aromatic carbocycles. The van der Waals surface area contributed by atoms with Gasteiger partial charge < -0.3 is 14.6 Å². The second-order valence-corrected chi connectivity index (χ2v) is 5.08. The molecule has 0 fully saturated rings. The summed E-state index contributed by atoms with van der Waals surface area (Å²) in [7, 11) is 1.46. The van der Waals surface area contributed by atoms with Crippen LogP contribution in [0.1, 0.15) is 19.5 Å². The van der Waals surface area contributed by atoms with Crippen molar-refractivity contribution in [2.24, 2.45) is 0 Å². The maximum absolute atomic E-state index is 13.1. The minimum atomic E-state index is -0.298. The molecule has 1 aromatic heterocycles. The highest BCUT2D eigenvalue weighted by molar-refractivity contribution is 5.85. The summed E-state index contributed by atoms with van der Waals surface area (Å²) in [5, 5.41) is 3.27. The van der Waals surface area contributed by atoms with Crippen LogP contribution in [-0.2, 0) is 6.54 Å². The van der Waals surface area contributed by atoms with Crippen LogP contribution >= 0.6 is 24.8 Å². The summed E-state index contributed by atoms with van der Waals surface area (Å²) in [5.41, 5.74) is 1.40. The van der Waals surface area contributed by atoms with Gasteiger partial charge in [0.1, 0.15) is 5.82 Å². The zero-order valence-electron chi connectivity index (χ0n) is 13.2. The highest BCUT2D eigenvalue weighted by atomic mass is 35.5. The van der Waals surface area contributed by atoms with E-state index in [0.717, 1.165) is 11.4 Å². The molecule has 0 aliphatic carbocycles. The van der Waals surface area contributed by atoms with Crippen LogP contribution in [0.2, 0.25) is 0 Å². The summed E-state index contributed by atoms with van der Waals surface area (Å²) in [6.45, 7) is 4.60. The van der Waals surface area contributed by atoms with Crippen molar-refractivity contribution in [2.45, 2.75) is 26.4 Å². The lowest BCUT2D eigenvalue weighted by Gasteiger charge is -2.16. The maximum atomic E-state index is 13.1. The van der Waals surface area contributed by atoms with Gasteiger partial charge in [-0.2, -0.15) is 0 Å². The largest absolute Gasteiger partial charge is 0.491 e. The SMILES string of the molecule is COc1cn(-c2ccc(F)cc2)c(CNC(C)C)cc1=O.Cl.Cl. The average molecular weight is 363 g/mol. The number of nitrogens with one attached hydrogen (secondary N) is 1. The Morgan fingerprint density at radius 2 is 1.83 bits per heavy atom. The fraction of sp³-hybridized carbons (Fsp3) is 0.312. The number of benzene rings is 1. The third-order valence-corrected chi connectivity index (χ3v) is 3.11. The van der Waals surface area contributed by atoms with Crippen molar-refractivity contribution in [3.8, 4) is 11.4 Å². The van der Waals surface area contributed by atoms with E-state index in [-0.39, 0.29) is 41.8 Å². The lowest BCUT2D eigenvalue weighted by atomic mass is 10.2. The summed E-state index contributed by atoms with van der Waals surface area (Å²) in [5.74, 6) is -0.0405. The molecule has 0 unspecified atom stereocenters. The summed E-state index contributed by atoms with van der Waals surface area (Å²) >= 11 is 0. The average Bonchev–Trinajstić information content (AvgIpc) is 2.46. The quantitative estimate of drug-likeness (QED) is 0.886. The van der Waals surface area contributed by atoms with E-state index in [1.165, 1.54) is 25.3 Å². The van der Waals surface area contributed by atoms with Crippen LogP contribution in [0.25, 0.3) is 5.69 Å². The predicted molar refractivity (Wildman–Crippen MR) is 95.0 cm³/mol. The van der Waals surface area contributed by atoms with Gasteiger partial charge in [-0.25, -0.2) is 4.39 Å². The second-order valence-electron chi connectivity index (χ2n) is 5.08. The minimum Gasteiger partial charge on any atom is -0.491 e. The first-order valence-corrected chi connectivity index (χ1v) is 6.80. The molecule has 7 heteroatoms. The van der Waals surface area contributed by atoms with Crippen molar-refractivity contribution in [1.82, 2.24) is 9.88 Å². The van der Waals surface area contributed by atoms with E-state index in [4.69, 9.17) is 4.74 Å². The van der Waals surface area contributed by atoms with Crippen LogP contribution in [0.15, 0.2) is 41.3 Å². The molecule has 2 rings (SSSR count). The molecule has 128 valence electrons. The normalized spacial score (nSPS) is 9.96. The second kappa shape index (κ2) is 9.55. The Kier molecular flexibility index (Phi) is 8.90. The zero-order chi connectivity index (χ0) is 15.4. The summed E-state index contributed by atoms with van der Waals surface area (Å²) in [6.07, 6.45) is 1.63. The number of nitrogens with zero attached hydrogens (tertiary/aromatic N) is 1. The zero-order valence-corrected chi connectivity index (χ0v) is 14.8. The van der Waals surface area contributed by atoms with E-state index in [2.05, 4.69) is 5.32 Å². The third-order valence-electron chi connectivity index (χ3n) is 3.11. The molecule has 0 amide bonds. The first-order valence-electron chi connectivity index (χ1n) is 6.80. The third kappa shape index (κ3) is 5.53. The van der Waals surface area contributed by atoms with Crippen LogP contribution in [0, 0.1) is 5.82 Å². The fourth-order valence-corrected chi connectivity index (χ4v) is 2.00. The number of hydrogen-bond donors (Lipinski definition) is 1. The van der Waals surface area contributed by atoms with E-state index >= 15 is 0 Å². The number of pyridine rings is 1. The summed E-state index contributed by atoms with van der Waals surface area (Å²) in [6, 6.07) is 7.94. The van der Waals surface area contributed by atoms with Gasteiger partial charge in [0.05, 0.1) is 13.3 Å². The maximum Gasteiger partial charge on any atom is 0.223 e. The van der Waals surface area contributed by atoms with E-state index in [9.17, 15) is 9.18 Å². The molecule has 2 aromatic rings. The molecule has 1 heterocycles. The number of ether oxygens (including phenoxy) is 1. The monoisotopic (exact) mass is 362 g/mol. The predicted octanol–water partition coefficient (Wildman–Crippen LogP) is 3.33. The Labute approximate surface area is 147 Å². The number of rotatable bonds is 5. The van der Waals surface area contributed by atoms with Crippen LogP contribution in [0.5, 0.6) is 5.75 Å². The first kappa shape index (κ1) is 21.4. The van der Waals surface area contributed by atoms with Crippen molar-refractivity contribution in [3.05, 3.63) is 58.3 Å². The molecule has 0 aliphatic heterocycles. The van der Waals surface area contributed by atoms with E-state index in [1.54, 1.807) is 18.3 Å². The molecule has 0 radical (unpaired) electrons. The molecule has 0 saturated heterocycles. The first-order chi connectivity index (χ1) is 10.0. The van der Waals surface area contributed by atoms with Crippen molar-refractivity contribution < 1.29 is 9.13 Å². The Morgan fingerprint density at radius 1 is 1.22 bits per heavy atom. The summed E-state index contributed by atoms with van der Waals surface area (Å²) < 4.78 is 20.0. The standard InChI is InChI=1S/C16H19FN2O2.2ClH/c1-11(2)18-9-14-8-15(20)16(21-3)10-19(14)13-6-4-12(17)5-7-13;;/h4-8,10-11,18H,9H2,1-3H3;2*1H. The molecule has 0 spiro atoms. The van der Waals surface area contributed by atoms with Crippen LogP contribution < -0.4 is 15.5 Å². The Bertz CT molecular complexity index is 673. The van der Waals surface area contributed by atoms with E-state index in [0.29, 0.717) is 12.6 Å². The minimum absolute atomic E-state index is 0. The van der Waals surface area contributed by atoms with E-state index < -0.39 is 0 Å². The molecule has 0 aliphatic rings. The number of hydrogen-bond acceptors (Lipinski definition) is 3. The van der Waals surface area contributed by atoms with Crippen LogP contribution in [-0.4, -0.2) is 17.7 Å². The Hall–Kier alpha value is -1.56. The molecule has 0 saturated carbocycles.